The van der Waals surface area contributed by atoms with E-state index in [9.17, 15) is 4.79 Å². The molecule has 0 unspecified atom stereocenters. The van der Waals surface area contributed by atoms with E-state index in [2.05, 4.69) is 15.2 Å². The van der Waals surface area contributed by atoms with Crippen molar-refractivity contribution in [2.24, 2.45) is 0 Å². The van der Waals surface area contributed by atoms with E-state index in [0.29, 0.717) is 27.3 Å². The standard InChI is InChI=1S/C19H18ClN3O2S/c1-11-4-6-13(7-5-11)17(24)12(2)26-19-21-18(22-23-19)15-10-14(20)8-9-16(15)25-3/h4-10,12H,1-3H3,(H,21,22,23)/t12-/m1/s1. The van der Waals surface area contributed by atoms with Crippen molar-refractivity contribution in [1.29, 1.82) is 0 Å². The van der Waals surface area contributed by atoms with E-state index in [1.54, 1.807) is 25.3 Å². The van der Waals surface area contributed by atoms with Gasteiger partial charge in [0.15, 0.2) is 11.6 Å². The Morgan fingerprint density at radius 1 is 1.23 bits per heavy atom. The number of aryl methyl sites for hydroxylation is 1. The monoisotopic (exact) mass is 387 g/mol. The van der Waals surface area contributed by atoms with Crippen LogP contribution in [0.25, 0.3) is 11.4 Å². The van der Waals surface area contributed by atoms with Crippen molar-refractivity contribution in [2.45, 2.75) is 24.3 Å². The Kier molecular flexibility index (Phi) is 5.64. The molecule has 0 aliphatic carbocycles. The van der Waals surface area contributed by atoms with Gasteiger partial charge in [0.1, 0.15) is 5.75 Å². The van der Waals surface area contributed by atoms with Crippen LogP contribution < -0.4 is 4.74 Å². The van der Waals surface area contributed by atoms with Gasteiger partial charge in [0.25, 0.3) is 0 Å². The number of Topliss-reactive ketones (excluding diaryl/α,β-unsaturated/α-hetero) is 1. The second-order valence-electron chi connectivity index (χ2n) is 5.80. The fourth-order valence-corrected chi connectivity index (χ4v) is 3.42. The molecule has 7 heteroatoms. The van der Waals surface area contributed by atoms with Crippen molar-refractivity contribution in [1.82, 2.24) is 15.2 Å². The number of ketones is 1. The Hall–Kier alpha value is -2.31. The number of aromatic nitrogens is 3. The van der Waals surface area contributed by atoms with Crippen LogP contribution >= 0.6 is 23.4 Å². The number of hydrogen-bond donors (Lipinski definition) is 1. The van der Waals surface area contributed by atoms with Crippen molar-refractivity contribution in [3.05, 3.63) is 58.6 Å². The summed E-state index contributed by atoms with van der Waals surface area (Å²) in [6.45, 7) is 3.84. The fourth-order valence-electron chi connectivity index (χ4n) is 2.45. The number of methoxy groups -OCH3 is 1. The second kappa shape index (κ2) is 7.93. The molecule has 1 N–H and O–H groups in total. The molecule has 1 atom stereocenters. The molecular weight excluding hydrogens is 370 g/mol. The SMILES string of the molecule is COc1ccc(Cl)cc1-c1nc(S[C@H](C)C(=O)c2ccc(C)cc2)n[nH]1. The minimum atomic E-state index is -0.303. The Bertz CT molecular complexity index is 925. The fraction of sp³-hybridized carbons (Fsp3) is 0.211. The van der Waals surface area contributed by atoms with Gasteiger partial charge in [-0.05, 0) is 32.0 Å². The Morgan fingerprint density at radius 3 is 2.65 bits per heavy atom. The van der Waals surface area contributed by atoms with Crippen LogP contribution in [0.3, 0.4) is 0 Å². The predicted molar refractivity (Wildman–Crippen MR) is 104 cm³/mol. The summed E-state index contributed by atoms with van der Waals surface area (Å²) < 4.78 is 5.34. The number of nitrogens with zero attached hydrogens (tertiary/aromatic N) is 2. The van der Waals surface area contributed by atoms with Gasteiger partial charge < -0.3 is 4.74 Å². The van der Waals surface area contributed by atoms with Crippen LogP contribution in [0.1, 0.15) is 22.8 Å². The number of nitrogens with one attached hydrogen (secondary N) is 1. The van der Waals surface area contributed by atoms with Crippen molar-refractivity contribution >= 4 is 29.1 Å². The lowest BCUT2D eigenvalue weighted by atomic mass is 10.1. The molecule has 0 aliphatic heterocycles. The highest BCUT2D eigenvalue weighted by molar-refractivity contribution is 8.00. The van der Waals surface area contributed by atoms with Gasteiger partial charge in [0, 0.05) is 10.6 Å². The van der Waals surface area contributed by atoms with Crippen LogP contribution in [0.4, 0.5) is 0 Å². The van der Waals surface area contributed by atoms with E-state index < -0.39 is 0 Å². The quantitative estimate of drug-likeness (QED) is 0.485. The molecule has 3 rings (SSSR count). The van der Waals surface area contributed by atoms with Crippen molar-refractivity contribution in [3.8, 4) is 17.1 Å². The Balaban J connectivity index is 1.77. The summed E-state index contributed by atoms with van der Waals surface area (Å²) in [7, 11) is 1.58. The maximum Gasteiger partial charge on any atom is 0.209 e. The highest BCUT2D eigenvalue weighted by Gasteiger charge is 2.19. The molecule has 0 radical (unpaired) electrons. The molecule has 1 aromatic heterocycles. The number of aromatic amines is 1. The number of benzene rings is 2. The summed E-state index contributed by atoms with van der Waals surface area (Å²) >= 11 is 7.37. The third kappa shape index (κ3) is 4.08. The number of thioether (sulfide) groups is 1. The molecule has 0 fully saturated rings. The highest BCUT2D eigenvalue weighted by Crippen LogP contribution is 2.32. The molecule has 1 heterocycles. The summed E-state index contributed by atoms with van der Waals surface area (Å²) in [5, 5.41) is 7.86. The van der Waals surface area contributed by atoms with Crippen LogP contribution in [0.2, 0.25) is 5.02 Å². The van der Waals surface area contributed by atoms with Crippen molar-refractivity contribution < 1.29 is 9.53 Å². The first-order chi connectivity index (χ1) is 12.5. The largest absolute Gasteiger partial charge is 0.496 e. The van der Waals surface area contributed by atoms with Gasteiger partial charge in [-0.3, -0.25) is 9.89 Å². The lowest BCUT2D eigenvalue weighted by molar-refractivity contribution is 0.0994. The first kappa shape index (κ1) is 18.5. The zero-order valence-corrected chi connectivity index (χ0v) is 16.2. The first-order valence-corrected chi connectivity index (χ1v) is 9.27. The molecule has 26 heavy (non-hydrogen) atoms. The molecule has 0 aliphatic rings. The molecule has 5 nitrogen and oxygen atoms in total. The summed E-state index contributed by atoms with van der Waals surface area (Å²) in [4.78, 5) is 17.0. The van der Waals surface area contributed by atoms with Crippen LogP contribution in [0, 0.1) is 6.92 Å². The number of ether oxygens (including phenoxy) is 1. The zero-order chi connectivity index (χ0) is 18.7. The molecular formula is C19H18ClN3O2S. The van der Waals surface area contributed by atoms with Crippen molar-refractivity contribution in [2.75, 3.05) is 7.11 Å². The highest BCUT2D eigenvalue weighted by atomic mass is 35.5. The average Bonchev–Trinajstić information content (AvgIpc) is 3.10. The topological polar surface area (TPSA) is 67.9 Å². The lowest BCUT2D eigenvalue weighted by Crippen LogP contribution is -2.13. The van der Waals surface area contributed by atoms with Crippen LogP contribution in [-0.2, 0) is 0 Å². The average molecular weight is 388 g/mol. The minimum absolute atomic E-state index is 0.0432. The normalized spacial score (nSPS) is 12.0. The van der Waals surface area contributed by atoms with E-state index in [4.69, 9.17) is 16.3 Å². The van der Waals surface area contributed by atoms with E-state index in [-0.39, 0.29) is 11.0 Å². The lowest BCUT2D eigenvalue weighted by Gasteiger charge is -2.08. The second-order valence-corrected chi connectivity index (χ2v) is 7.55. The number of rotatable bonds is 6. The number of halogens is 1. The molecule has 0 saturated carbocycles. The van der Waals surface area contributed by atoms with Crippen LogP contribution in [0.15, 0.2) is 47.6 Å². The van der Waals surface area contributed by atoms with Gasteiger partial charge in [-0.1, -0.05) is 53.2 Å². The number of hydrogen-bond acceptors (Lipinski definition) is 5. The molecule has 0 spiro atoms. The van der Waals surface area contributed by atoms with Gasteiger partial charge in [-0.25, -0.2) is 4.98 Å². The third-order valence-corrected chi connectivity index (χ3v) is 5.07. The summed E-state index contributed by atoms with van der Waals surface area (Å²) in [6, 6.07) is 12.8. The van der Waals surface area contributed by atoms with E-state index in [1.807, 2.05) is 38.1 Å². The first-order valence-electron chi connectivity index (χ1n) is 8.02. The maximum absolute atomic E-state index is 12.6. The Labute approximate surface area is 161 Å². The minimum Gasteiger partial charge on any atom is -0.496 e. The number of H-pyrrole nitrogens is 1. The summed E-state index contributed by atoms with van der Waals surface area (Å²) in [5.74, 6) is 1.23. The van der Waals surface area contributed by atoms with E-state index in [0.717, 1.165) is 11.1 Å². The Morgan fingerprint density at radius 2 is 1.96 bits per heavy atom. The van der Waals surface area contributed by atoms with Crippen molar-refractivity contribution in [3.63, 3.8) is 0 Å². The van der Waals surface area contributed by atoms with Gasteiger partial charge >= 0.3 is 0 Å². The zero-order valence-electron chi connectivity index (χ0n) is 14.6. The molecule has 2 aromatic carbocycles. The maximum atomic E-state index is 12.6. The summed E-state index contributed by atoms with van der Waals surface area (Å²) in [5.41, 5.74) is 2.52. The molecule has 134 valence electrons. The van der Waals surface area contributed by atoms with Gasteiger partial charge in [-0.2, -0.15) is 0 Å². The smallest absolute Gasteiger partial charge is 0.209 e. The van der Waals surface area contributed by atoms with Gasteiger partial charge in [-0.15, -0.1) is 5.10 Å². The number of carbonyl (C=O) groups excluding carboxylic acids is 1. The molecule has 3 aromatic rings. The van der Waals surface area contributed by atoms with Gasteiger partial charge in [0.2, 0.25) is 5.16 Å². The number of carbonyl (C=O) groups is 1. The van der Waals surface area contributed by atoms with Crippen LogP contribution in [0.5, 0.6) is 5.75 Å². The van der Waals surface area contributed by atoms with Gasteiger partial charge in [0.05, 0.1) is 17.9 Å². The molecule has 0 saturated heterocycles. The van der Waals surface area contributed by atoms with E-state index >= 15 is 0 Å². The summed E-state index contributed by atoms with van der Waals surface area (Å²) in [6.07, 6.45) is 0. The molecule has 0 amide bonds. The predicted octanol–water partition coefficient (Wildman–Crippen LogP) is 4.81. The third-order valence-electron chi connectivity index (χ3n) is 3.87. The molecule has 0 bridgehead atoms. The van der Waals surface area contributed by atoms with Crippen LogP contribution in [-0.4, -0.2) is 33.3 Å². The van der Waals surface area contributed by atoms with E-state index in [1.165, 1.54) is 11.8 Å².